The van der Waals surface area contributed by atoms with Crippen LogP contribution in [0.2, 0.25) is 0 Å². The van der Waals surface area contributed by atoms with Crippen molar-refractivity contribution in [2.24, 2.45) is 0 Å². The van der Waals surface area contributed by atoms with E-state index >= 15 is 0 Å². The first kappa shape index (κ1) is 15.0. The van der Waals surface area contributed by atoms with Crippen LogP contribution in [0.3, 0.4) is 0 Å². The molecule has 0 bridgehead atoms. The smallest absolute Gasteiger partial charge is 0.223 e. The fraction of sp³-hybridized carbons (Fsp3) is 0.571. The first-order valence-corrected chi connectivity index (χ1v) is 7.75. The van der Waals surface area contributed by atoms with E-state index in [9.17, 15) is 4.79 Å². The van der Waals surface area contributed by atoms with Crippen molar-refractivity contribution in [3.8, 4) is 0 Å². The van der Waals surface area contributed by atoms with Gasteiger partial charge < -0.3 is 4.90 Å². The summed E-state index contributed by atoms with van der Waals surface area (Å²) < 4.78 is 0. The van der Waals surface area contributed by atoms with Crippen molar-refractivity contribution in [3.63, 3.8) is 0 Å². The fourth-order valence-corrected chi connectivity index (χ4v) is 2.11. The summed E-state index contributed by atoms with van der Waals surface area (Å²) in [6.07, 6.45) is 7.21. The number of aromatic nitrogens is 1. The summed E-state index contributed by atoms with van der Waals surface area (Å²) in [4.78, 5) is 18.3. The molecule has 100 valence electrons. The number of amides is 1. The quantitative estimate of drug-likeness (QED) is 0.760. The number of hydrogen-bond donors (Lipinski definition) is 0. The zero-order valence-corrected chi connectivity index (χ0v) is 12.2. The maximum absolute atomic E-state index is 12.2. The molecule has 4 heteroatoms. The van der Waals surface area contributed by atoms with E-state index in [1.54, 1.807) is 18.0 Å². The molecular weight excluding hydrogens is 244 g/mol. The third-order valence-corrected chi connectivity index (χ3v) is 3.65. The molecule has 0 fully saturated rings. The largest absolute Gasteiger partial charge is 0.336 e. The van der Waals surface area contributed by atoms with Crippen LogP contribution in [0.5, 0.6) is 0 Å². The molecule has 0 N–H and O–H groups in total. The predicted molar refractivity (Wildman–Crippen MR) is 77.5 cm³/mol. The molecular formula is C14H22N2OS. The zero-order chi connectivity index (χ0) is 13.4. The molecule has 0 saturated carbocycles. The lowest BCUT2D eigenvalue weighted by molar-refractivity contribution is -0.133. The molecule has 0 radical (unpaired) electrons. The summed E-state index contributed by atoms with van der Waals surface area (Å²) in [5.41, 5.74) is 1.09. The van der Waals surface area contributed by atoms with Crippen LogP contribution in [-0.2, 0) is 11.3 Å². The zero-order valence-electron chi connectivity index (χ0n) is 11.4. The Morgan fingerprint density at radius 2 is 2.33 bits per heavy atom. The number of pyridine rings is 1. The van der Waals surface area contributed by atoms with Crippen LogP contribution in [-0.4, -0.2) is 33.8 Å². The summed E-state index contributed by atoms with van der Waals surface area (Å²) in [6.45, 7) is 4.88. The fourth-order valence-electron chi connectivity index (χ4n) is 1.73. The van der Waals surface area contributed by atoms with Crippen molar-refractivity contribution in [3.05, 3.63) is 30.1 Å². The van der Waals surface area contributed by atoms with Crippen molar-refractivity contribution < 1.29 is 4.79 Å². The molecule has 0 saturated heterocycles. The topological polar surface area (TPSA) is 33.2 Å². The molecule has 1 atom stereocenters. The van der Waals surface area contributed by atoms with Gasteiger partial charge in [0.1, 0.15) is 0 Å². The Hall–Kier alpha value is -1.03. The maximum Gasteiger partial charge on any atom is 0.223 e. The molecule has 0 aliphatic carbocycles. The third kappa shape index (κ3) is 4.69. The maximum atomic E-state index is 12.2. The highest BCUT2D eigenvalue weighted by molar-refractivity contribution is 7.98. The van der Waals surface area contributed by atoms with Gasteiger partial charge in [-0.15, -0.1) is 0 Å². The van der Waals surface area contributed by atoms with Crippen LogP contribution < -0.4 is 0 Å². The van der Waals surface area contributed by atoms with Gasteiger partial charge in [-0.1, -0.05) is 13.0 Å². The van der Waals surface area contributed by atoms with E-state index in [2.05, 4.69) is 18.8 Å². The monoisotopic (exact) mass is 266 g/mol. The van der Waals surface area contributed by atoms with E-state index in [0.717, 1.165) is 17.7 Å². The Bertz CT molecular complexity index is 356. The number of carbonyl (C=O) groups is 1. The normalized spacial score (nSPS) is 12.2. The lowest BCUT2D eigenvalue weighted by Gasteiger charge is -2.28. The van der Waals surface area contributed by atoms with Gasteiger partial charge in [-0.3, -0.25) is 9.78 Å². The minimum absolute atomic E-state index is 0.238. The first-order valence-electron chi connectivity index (χ1n) is 6.36. The van der Waals surface area contributed by atoms with Crippen LogP contribution in [0.4, 0.5) is 0 Å². The van der Waals surface area contributed by atoms with Crippen LogP contribution in [0.25, 0.3) is 0 Å². The predicted octanol–water partition coefficient (Wildman–Crippen LogP) is 2.96. The number of nitrogens with zero attached hydrogens (tertiary/aromatic N) is 2. The van der Waals surface area contributed by atoms with Gasteiger partial charge in [0, 0.05) is 37.2 Å². The molecule has 1 heterocycles. The van der Waals surface area contributed by atoms with Crippen molar-refractivity contribution in [2.45, 2.75) is 39.3 Å². The molecule has 0 aliphatic heterocycles. The van der Waals surface area contributed by atoms with Crippen LogP contribution in [0.1, 0.15) is 32.3 Å². The van der Waals surface area contributed by atoms with Gasteiger partial charge in [0.15, 0.2) is 0 Å². The molecule has 1 amide bonds. The second kappa shape index (κ2) is 8.14. The molecule has 0 aliphatic rings. The average Bonchev–Trinajstić information content (AvgIpc) is 2.42. The van der Waals surface area contributed by atoms with E-state index in [1.807, 2.05) is 29.5 Å². The Morgan fingerprint density at radius 1 is 1.56 bits per heavy atom. The van der Waals surface area contributed by atoms with Gasteiger partial charge >= 0.3 is 0 Å². The summed E-state index contributed by atoms with van der Waals surface area (Å²) in [6, 6.07) is 4.21. The second-order valence-corrected chi connectivity index (χ2v) is 5.37. The molecule has 1 aromatic rings. The Balaban J connectivity index is 2.69. The summed E-state index contributed by atoms with van der Waals surface area (Å²) in [5.74, 6) is 1.13. The van der Waals surface area contributed by atoms with E-state index < -0.39 is 0 Å². The van der Waals surface area contributed by atoms with Crippen molar-refractivity contribution >= 4 is 17.7 Å². The lowest BCUT2D eigenvalue weighted by atomic mass is 10.1. The lowest BCUT2D eigenvalue weighted by Crippen LogP contribution is -2.38. The summed E-state index contributed by atoms with van der Waals surface area (Å²) in [7, 11) is 0. The molecule has 18 heavy (non-hydrogen) atoms. The van der Waals surface area contributed by atoms with E-state index in [1.165, 1.54) is 0 Å². The standard InChI is InChI=1S/C14H22N2OS/c1-4-12(2)16(14(17)7-9-18-3)11-13-6-5-8-15-10-13/h5-6,8,10,12H,4,7,9,11H2,1-3H3/t12-/m1/s1. The van der Waals surface area contributed by atoms with Crippen molar-refractivity contribution in [1.82, 2.24) is 9.88 Å². The molecule has 3 nitrogen and oxygen atoms in total. The van der Waals surface area contributed by atoms with Gasteiger partial charge in [-0.2, -0.15) is 11.8 Å². The molecule has 1 aromatic heterocycles. The van der Waals surface area contributed by atoms with E-state index in [0.29, 0.717) is 13.0 Å². The van der Waals surface area contributed by atoms with Crippen molar-refractivity contribution in [1.29, 1.82) is 0 Å². The van der Waals surface area contributed by atoms with Crippen molar-refractivity contribution in [2.75, 3.05) is 12.0 Å². The van der Waals surface area contributed by atoms with Crippen LogP contribution >= 0.6 is 11.8 Å². The highest BCUT2D eigenvalue weighted by Gasteiger charge is 2.18. The number of carbonyl (C=O) groups excluding carboxylic acids is 1. The molecule has 0 unspecified atom stereocenters. The Kier molecular flexibility index (Phi) is 6.80. The summed E-state index contributed by atoms with van der Waals surface area (Å²) >= 11 is 1.71. The van der Waals surface area contributed by atoms with Crippen LogP contribution in [0.15, 0.2) is 24.5 Å². The average molecular weight is 266 g/mol. The van der Waals surface area contributed by atoms with Gasteiger partial charge in [-0.25, -0.2) is 0 Å². The number of thioether (sulfide) groups is 1. The Labute approximate surface area is 114 Å². The number of rotatable bonds is 7. The van der Waals surface area contributed by atoms with E-state index in [4.69, 9.17) is 0 Å². The van der Waals surface area contributed by atoms with E-state index in [-0.39, 0.29) is 11.9 Å². The number of hydrogen-bond acceptors (Lipinski definition) is 3. The Morgan fingerprint density at radius 3 is 2.89 bits per heavy atom. The van der Waals surface area contributed by atoms with Crippen LogP contribution in [0, 0.1) is 0 Å². The summed E-state index contributed by atoms with van der Waals surface area (Å²) in [5, 5.41) is 0. The SMILES string of the molecule is CC[C@@H](C)N(Cc1cccnc1)C(=O)CCSC. The van der Waals surface area contributed by atoms with Gasteiger partial charge in [0.25, 0.3) is 0 Å². The van der Waals surface area contributed by atoms with Gasteiger partial charge in [0.2, 0.25) is 5.91 Å². The highest BCUT2D eigenvalue weighted by Crippen LogP contribution is 2.12. The van der Waals surface area contributed by atoms with Gasteiger partial charge in [0.05, 0.1) is 0 Å². The molecule has 1 rings (SSSR count). The first-order chi connectivity index (χ1) is 8.69. The molecule has 0 spiro atoms. The molecule has 0 aromatic carbocycles. The third-order valence-electron chi connectivity index (χ3n) is 3.04. The minimum atomic E-state index is 0.238. The second-order valence-electron chi connectivity index (χ2n) is 4.38. The van der Waals surface area contributed by atoms with Gasteiger partial charge in [-0.05, 0) is 31.2 Å². The highest BCUT2D eigenvalue weighted by atomic mass is 32.2. The minimum Gasteiger partial charge on any atom is -0.336 e.